The topological polar surface area (TPSA) is 108 Å². The largest absolute Gasteiger partial charge is 0.486 e. The van der Waals surface area contributed by atoms with E-state index in [1.54, 1.807) is 37.1 Å². The van der Waals surface area contributed by atoms with Crippen LogP contribution in [0.4, 0.5) is 5.69 Å². The third-order valence-corrected chi connectivity index (χ3v) is 4.98. The first-order valence-corrected chi connectivity index (χ1v) is 10.4. The zero-order valence-electron chi connectivity index (χ0n) is 15.5. The predicted molar refractivity (Wildman–Crippen MR) is 100.0 cm³/mol. The lowest BCUT2D eigenvalue weighted by Gasteiger charge is -2.37. The molecule has 146 valence electrons. The average molecular weight is 385 g/mol. The van der Waals surface area contributed by atoms with Crippen molar-refractivity contribution in [1.29, 1.82) is 0 Å². The predicted octanol–water partition coefficient (Wildman–Crippen LogP) is 0.498. The van der Waals surface area contributed by atoms with Gasteiger partial charge < -0.3 is 20.1 Å². The van der Waals surface area contributed by atoms with Crippen LogP contribution in [0.25, 0.3) is 0 Å². The minimum absolute atomic E-state index is 0.0279. The van der Waals surface area contributed by atoms with Gasteiger partial charge in [-0.2, -0.15) is 0 Å². The maximum absolute atomic E-state index is 13.1. The second-order valence-electron chi connectivity index (χ2n) is 6.74. The average Bonchev–Trinajstić information content (AvgIpc) is 2.56. The quantitative estimate of drug-likeness (QED) is 0.658. The van der Waals surface area contributed by atoms with Gasteiger partial charge in [-0.25, -0.2) is 8.42 Å². The third kappa shape index (κ3) is 4.66. The number of likely N-dealkylation sites (N-methyl/N-ethyl adjacent to an activating group) is 1. The number of anilines is 1. The number of fused-ring (bicyclic) bond motifs is 1. The van der Waals surface area contributed by atoms with Gasteiger partial charge in [0.2, 0.25) is 10.0 Å². The number of para-hydroxylation sites is 1. The Morgan fingerprint density at radius 2 is 2.12 bits per heavy atom. The molecule has 1 aliphatic heterocycles. The van der Waals surface area contributed by atoms with Gasteiger partial charge >= 0.3 is 0 Å². The molecule has 0 aromatic heterocycles. The van der Waals surface area contributed by atoms with Crippen molar-refractivity contribution in [3.8, 4) is 5.75 Å². The summed E-state index contributed by atoms with van der Waals surface area (Å²) in [7, 11) is -1.74. The highest BCUT2D eigenvalue weighted by Crippen LogP contribution is 2.35. The number of aliphatic hydroxyl groups is 1. The fourth-order valence-electron chi connectivity index (χ4n) is 2.97. The first kappa shape index (κ1) is 20.5. The molecule has 1 amide bonds. The van der Waals surface area contributed by atoms with Gasteiger partial charge in [0.05, 0.1) is 30.2 Å². The van der Waals surface area contributed by atoms with Crippen LogP contribution in [-0.2, 0) is 10.0 Å². The van der Waals surface area contributed by atoms with Gasteiger partial charge in [-0.05, 0) is 26.1 Å². The lowest BCUT2D eigenvalue weighted by molar-refractivity contribution is 0.0417. The van der Waals surface area contributed by atoms with Crippen molar-refractivity contribution in [3.63, 3.8) is 0 Å². The maximum Gasteiger partial charge on any atom is 0.258 e. The number of nitrogens with zero attached hydrogens (tertiary/aromatic N) is 1. The molecule has 3 N–H and O–H groups in total. The molecule has 26 heavy (non-hydrogen) atoms. The first-order chi connectivity index (χ1) is 12.2. The molecule has 8 nitrogen and oxygen atoms in total. The maximum atomic E-state index is 13.1. The number of hydrogen-bond donors (Lipinski definition) is 3. The molecule has 0 unspecified atom stereocenters. The minimum atomic E-state index is -3.54. The Morgan fingerprint density at radius 1 is 1.42 bits per heavy atom. The summed E-state index contributed by atoms with van der Waals surface area (Å²) in [6, 6.07) is 4.41. The Bertz CT molecular complexity index is 753. The van der Waals surface area contributed by atoms with Gasteiger partial charge in [0.1, 0.15) is 6.10 Å². The number of amides is 1. The molecule has 3 atom stereocenters. The second kappa shape index (κ2) is 8.24. The van der Waals surface area contributed by atoms with Gasteiger partial charge in [-0.15, -0.1) is 0 Å². The Hall–Kier alpha value is -1.84. The lowest BCUT2D eigenvalue weighted by atomic mass is 9.99. The zero-order chi connectivity index (χ0) is 19.5. The number of benzene rings is 1. The summed E-state index contributed by atoms with van der Waals surface area (Å²) >= 11 is 0. The summed E-state index contributed by atoms with van der Waals surface area (Å²) in [5, 5.41) is 12.6. The number of carbonyl (C=O) groups excluding carboxylic acids is 1. The third-order valence-electron chi connectivity index (χ3n) is 4.39. The molecular weight excluding hydrogens is 358 g/mol. The normalized spacial score (nSPS) is 22.0. The number of carbonyl (C=O) groups is 1. The molecule has 0 spiro atoms. The highest BCUT2D eigenvalue weighted by Gasteiger charge is 2.33. The van der Waals surface area contributed by atoms with Crippen LogP contribution in [0, 0.1) is 5.92 Å². The van der Waals surface area contributed by atoms with Crippen molar-refractivity contribution in [3.05, 3.63) is 23.8 Å². The van der Waals surface area contributed by atoms with Crippen LogP contribution in [0.15, 0.2) is 18.2 Å². The molecule has 0 bridgehead atoms. The first-order valence-electron chi connectivity index (χ1n) is 8.51. The van der Waals surface area contributed by atoms with E-state index in [4.69, 9.17) is 4.74 Å². The van der Waals surface area contributed by atoms with Gasteiger partial charge in [0, 0.05) is 19.0 Å². The van der Waals surface area contributed by atoms with Crippen molar-refractivity contribution in [2.45, 2.75) is 26.0 Å². The highest BCUT2D eigenvalue weighted by atomic mass is 32.2. The smallest absolute Gasteiger partial charge is 0.258 e. The van der Waals surface area contributed by atoms with Crippen molar-refractivity contribution < 1.29 is 23.1 Å². The Labute approximate surface area is 154 Å². The Kier molecular flexibility index (Phi) is 6.48. The van der Waals surface area contributed by atoms with Gasteiger partial charge in [0.25, 0.3) is 5.91 Å². The minimum Gasteiger partial charge on any atom is -0.486 e. The summed E-state index contributed by atoms with van der Waals surface area (Å²) in [6.07, 6.45) is 0.771. The molecular formula is C17H27N3O5S. The van der Waals surface area contributed by atoms with Crippen LogP contribution in [0.5, 0.6) is 5.75 Å². The number of aliphatic hydroxyl groups excluding tert-OH is 1. The molecule has 1 heterocycles. The van der Waals surface area contributed by atoms with E-state index in [0.717, 1.165) is 6.26 Å². The molecule has 1 aromatic rings. The van der Waals surface area contributed by atoms with Crippen LogP contribution in [-0.4, -0.2) is 69.5 Å². The van der Waals surface area contributed by atoms with E-state index in [9.17, 15) is 18.3 Å². The van der Waals surface area contributed by atoms with Gasteiger partial charge in [0.15, 0.2) is 5.75 Å². The summed E-state index contributed by atoms with van der Waals surface area (Å²) in [6.45, 7) is 4.54. The van der Waals surface area contributed by atoms with Crippen LogP contribution < -0.4 is 14.8 Å². The summed E-state index contributed by atoms with van der Waals surface area (Å²) in [5.74, 6) is -0.113. The van der Waals surface area contributed by atoms with E-state index < -0.39 is 10.0 Å². The van der Waals surface area contributed by atoms with Crippen LogP contribution in [0.2, 0.25) is 0 Å². The SMILES string of the molecule is CNC[C@@H]1Oc2c(NS(C)(=O)=O)cccc2C(=O)N([C@H](C)CO)C[C@H]1C. The summed E-state index contributed by atoms with van der Waals surface area (Å²) in [4.78, 5) is 14.7. The van der Waals surface area contributed by atoms with Crippen molar-refractivity contribution in [2.24, 2.45) is 5.92 Å². The lowest BCUT2D eigenvalue weighted by Crippen LogP contribution is -2.49. The molecule has 0 saturated heterocycles. The van der Waals surface area contributed by atoms with E-state index in [1.165, 1.54) is 0 Å². The fourth-order valence-corrected chi connectivity index (χ4v) is 3.53. The Balaban J connectivity index is 2.59. The van der Waals surface area contributed by atoms with E-state index in [-0.39, 0.29) is 47.6 Å². The Morgan fingerprint density at radius 3 is 2.69 bits per heavy atom. The fraction of sp³-hybridized carbons (Fsp3) is 0.588. The van der Waals surface area contributed by atoms with E-state index >= 15 is 0 Å². The number of hydrogen-bond acceptors (Lipinski definition) is 6. The number of nitrogens with one attached hydrogen (secondary N) is 2. The van der Waals surface area contributed by atoms with Crippen molar-refractivity contribution in [1.82, 2.24) is 10.2 Å². The standard InChI is InChI=1S/C17H27N3O5S/c1-11-9-20(12(2)10-21)17(22)13-6-5-7-14(19-26(4,23)24)16(13)25-15(11)8-18-3/h5-7,11-12,15,18-19,21H,8-10H2,1-4H3/t11-,12-,15+/m1/s1. The monoisotopic (exact) mass is 385 g/mol. The van der Waals surface area contributed by atoms with Crippen molar-refractivity contribution in [2.75, 3.05) is 37.7 Å². The molecule has 0 aliphatic carbocycles. The zero-order valence-corrected chi connectivity index (χ0v) is 16.3. The number of rotatable bonds is 6. The molecule has 2 rings (SSSR count). The molecule has 1 aromatic carbocycles. The molecule has 0 fully saturated rings. The summed E-state index contributed by atoms with van der Waals surface area (Å²) in [5.41, 5.74) is 0.497. The molecule has 0 saturated carbocycles. The van der Waals surface area contributed by atoms with Gasteiger partial charge in [-0.3, -0.25) is 9.52 Å². The van der Waals surface area contributed by atoms with E-state index in [2.05, 4.69) is 10.0 Å². The van der Waals surface area contributed by atoms with Gasteiger partial charge in [-0.1, -0.05) is 13.0 Å². The molecule has 0 radical (unpaired) electrons. The second-order valence-corrected chi connectivity index (χ2v) is 8.49. The summed E-state index contributed by atoms with van der Waals surface area (Å²) < 4.78 is 31.9. The van der Waals surface area contributed by atoms with E-state index in [1.807, 2.05) is 6.92 Å². The highest BCUT2D eigenvalue weighted by molar-refractivity contribution is 7.92. The van der Waals surface area contributed by atoms with Crippen LogP contribution in [0.3, 0.4) is 0 Å². The molecule has 9 heteroatoms. The van der Waals surface area contributed by atoms with Crippen LogP contribution >= 0.6 is 0 Å². The van der Waals surface area contributed by atoms with E-state index in [0.29, 0.717) is 13.1 Å². The molecule has 1 aliphatic rings. The number of sulfonamides is 1. The van der Waals surface area contributed by atoms with Crippen molar-refractivity contribution >= 4 is 21.6 Å². The van der Waals surface area contributed by atoms with Crippen LogP contribution in [0.1, 0.15) is 24.2 Å². The number of ether oxygens (including phenoxy) is 1.